The molecule has 0 radical (unpaired) electrons. The zero-order chi connectivity index (χ0) is 12.0. The van der Waals surface area contributed by atoms with E-state index in [-0.39, 0.29) is 17.4 Å². The molecule has 0 bridgehead atoms. The number of carbonyl (C=O) groups is 1. The van der Waals surface area contributed by atoms with Crippen molar-refractivity contribution < 1.29 is 9.53 Å². The maximum Gasteiger partial charge on any atom is 0.229 e. The van der Waals surface area contributed by atoms with E-state index >= 15 is 0 Å². The minimum absolute atomic E-state index is 0.0260. The monoisotopic (exact) mass is 252 g/mol. The fraction of sp³-hybridized carbons (Fsp3) is 0.500. The summed E-state index contributed by atoms with van der Waals surface area (Å²) < 4.78 is 5.24. The van der Waals surface area contributed by atoms with E-state index in [9.17, 15) is 4.79 Å². The number of ether oxygens (including phenoxy) is 1. The quantitative estimate of drug-likeness (QED) is 0.772. The molecule has 1 amide bonds. The third-order valence-electron chi connectivity index (χ3n) is 3.52. The van der Waals surface area contributed by atoms with E-state index in [1.165, 1.54) is 0 Å². The Morgan fingerprint density at radius 3 is 2.94 bits per heavy atom. The third-order valence-corrected chi connectivity index (χ3v) is 3.73. The fourth-order valence-corrected chi connectivity index (χ4v) is 2.70. The summed E-state index contributed by atoms with van der Waals surface area (Å²) in [5.41, 5.74) is 1.50. The van der Waals surface area contributed by atoms with Crippen LogP contribution in [0.4, 0.5) is 0 Å². The predicted octanol–water partition coefficient (Wildman–Crippen LogP) is 1.58. The van der Waals surface area contributed by atoms with Gasteiger partial charge in [0.25, 0.3) is 0 Å². The molecule has 1 fully saturated rings. The lowest BCUT2D eigenvalue weighted by atomic mass is 9.78. The molecule has 2 aliphatic rings. The van der Waals surface area contributed by atoms with Crippen molar-refractivity contribution in [1.29, 1.82) is 0 Å². The highest BCUT2D eigenvalue weighted by Crippen LogP contribution is 2.40. The van der Waals surface area contributed by atoms with Crippen LogP contribution in [0.15, 0.2) is 12.1 Å². The Morgan fingerprint density at radius 2 is 2.35 bits per heavy atom. The highest BCUT2D eigenvalue weighted by atomic mass is 35.5. The van der Waals surface area contributed by atoms with Gasteiger partial charge in [-0.05, 0) is 12.5 Å². The summed E-state index contributed by atoms with van der Waals surface area (Å²) in [5.74, 6) is -0.173. The Balaban J connectivity index is 2.16. The van der Waals surface area contributed by atoms with E-state index in [1.54, 1.807) is 6.07 Å². The van der Waals surface area contributed by atoms with Crippen LogP contribution in [0.25, 0.3) is 0 Å². The maximum absolute atomic E-state index is 12.1. The number of hydrogen-bond acceptors (Lipinski definition) is 3. The number of nitrogens with one attached hydrogen (secondary N) is 1. The van der Waals surface area contributed by atoms with Crippen LogP contribution in [-0.4, -0.2) is 24.1 Å². The van der Waals surface area contributed by atoms with Gasteiger partial charge in [0.05, 0.1) is 24.8 Å². The van der Waals surface area contributed by atoms with Gasteiger partial charge in [-0.1, -0.05) is 24.6 Å². The average molecular weight is 253 g/mol. The van der Waals surface area contributed by atoms with Crippen LogP contribution >= 0.6 is 11.6 Å². The molecule has 17 heavy (non-hydrogen) atoms. The molecule has 3 heterocycles. The van der Waals surface area contributed by atoms with Crippen molar-refractivity contribution in [3.63, 3.8) is 0 Å². The summed E-state index contributed by atoms with van der Waals surface area (Å²) >= 11 is 5.93. The van der Waals surface area contributed by atoms with Crippen molar-refractivity contribution in [2.45, 2.75) is 24.8 Å². The maximum atomic E-state index is 12.1. The van der Waals surface area contributed by atoms with Gasteiger partial charge >= 0.3 is 0 Å². The van der Waals surface area contributed by atoms with Crippen LogP contribution in [0.2, 0.25) is 5.15 Å². The predicted molar refractivity (Wildman–Crippen MR) is 62.9 cm³/mol. The molecule has 0 aromatic carbocycles. The van der Waals surface area contributed by atoms with E-state index in [2.05, 4.69) is 10.3 Å². The van der Waals surface area contributed by atoms with Gasteiger partial charge in [0, 0.05) is 5.56 Å². The number of nitrogens with zero attached hydrogens (tertiary/aromatic N) is 1. The Kier molecular flexibility index (Phi) is 2.38. The number of pyridine rings is 1. The van der Waals surface area contributed by atoms with Gasteiger partial charge in [-0.2, -0.15) is 0 Å². The first kappa shape index (κ1) is 11.0. The average Bonchev–Trinajstić information content (AvgIpc) is 2.25. The van der Waals surface area contributed by atoms with Gasteiger partial charge < -0.3 is 10.1 Å². The van der Waals surface area contributed by atoms with Crippen LogP contribution in [-0.2, 0) is 15.1 Å². The fourth-order valence-electron chi connectivity index (χ4n) is 2.55. The number of carbonyl (C=O) groups excluding carboxylic acids is 1. The summed E-state index contributed by atoms with van der Waals surface area (Å²) in [6.07, 6.45) is 0.725. The van der Waals surface area contributed by atoms with Gasteiger partial charge in [0.2, 0.25) is 5.91 Å². The van der Waals surface area contributed by atoms with E-state index < -0.39 is 0 Å². The van der Waals surface area contributed by atoms with Crippen molar-refractivity contribution in [2.75, 3.05) is 13.2 Å². The van der Waals surface area contributed by atoms with Crippen LogP contribution < -0.4 is 5.32 Å². The molecule has 1 unspecified atom stereocenters. The molecule has 4 nitrogen and oxygen atoms in total. The van der Waals surface area contributed by atoms with Gasteiger partial charge in [-0.15, -0.1) is 0 Å². The Hall–Kier alpha value is -1.13. The van der Waals surface area contributed by atoms with Gasteiger partial charge in [-0.25, -0.2) is 4.98 Å². The zero-order valence-electron chi connectivity index (χ0n) is 9.50. The molecule has 5 heteroatoms. The SMILES string of the molecule is CCC1C(=O)NC2(COC2)c2ccc(Cl)nc21. The van der Waals surface area contributed by atoms with Crippen molar-refractivity contribution in [3.8, 4) is 0 Å². The topological polar surface area (TPSA) is 51.2 Å². The Morgan fingerprint density at radius 1 is 1.59 bits per heavy atom. The van der Waals surface area contributed by atoms with Crippen molar-refractivity contribution in [3.05, 3.63) is 28.5 Å². The molecule has 1 saturated heterocycles. The largest absolute Gasteiger partial charge is 0.376 e. The smallest absolute Gasteiger partial charge is 0.229 e. The van der Waals surface area contributed by atoms with E-state index in [4.69, 9.17) is 16.3 Å². The van der Waals surface area contributed by atoms with E-state index in [1.807, 2.05) is 13.0 Å². The van der Waals surface area contributed by atoms with Gasteiger partial charge in [-0.3, -0.25) is 4.79 Å². The Labute approximate surface area is 104 Å². The molecule has 3 rings (SSSR count). The molecule has 0 saturated carbocycles. The molecular weight excluding hydrogens is 240 g/mol. The summed E-state index contributed by atoms with van der Waals surface area (Å²) in [5, 5.41) is 3.50. The number of amides is 1. The second-order valence-electron chi connectivity index (χ2n) is 4.59. The third kappa shape index (κ3) is 1.47. The summed E-state index contributed by atoms with van der Waals surface area (Å²) in [6.45, 7) is 3.02. The lowest BCUT2D eigenvalue weighted by molar-refractivity contribution is -0.138. The first-order chi connectivity index (χ1) is 8.16. The molecule has 2 aliphatic heterocycles. The molecule has 1 N–H and O–H groups in total. The molecule has 1 aromatic rings. The molecule has 90 valence electrons. The lowest BCUT2D eigenvalue weighted by Crippen LogP contribution is -2.63. The number of halogens is 1. The van der Waals surface area contributed by atoms with E-state index in [0.717, 1.165) is 17.7 Å². The first-order valence-electron chi connectivity index (χ1n) is 5.73. The minimum Gasteiger partial charge on any atom is -0.376 e. The van der Waals surface area contributed by atoms with Crippen molar-refractivity contribution in [1.82, 2.24) is 10.3 Å². The summed E-state index contributed by atoms with van der Waals surface area (Å²) in [6, 6.07) is 3.72. The van der Waals surface area contributed by atoms with Crippen LogP contribution in [0.3, 0.4) is 0 Å². The van der Waals surface area contributed by atoms with Crippen molar-refractivity contribution in [2.24, 2.45) is 0 Å². The van der Waals surface area contributed by atoms with Crippen LogP contribution in [0.1, 0.15) is 30.5 Å². The standard InChI is InChI=1S/C12H13ClN2O2/c1-2-7-10-8(3-4-9(13)14-10)12(5-17-6-12)15-11(7)16/h3-4,7H,2,5-6H2,1H3,(H,15,16). The highest BCUT2D eigenvalue weighted by Gasteiger charge is 2.49. The molecule has 1 spiro atoms. The second-order valence-corrected chi connectivity index (χ2v) is 4.98. The molecule has 1 aromatic heterocycles. The summed E-state index contributed by atoms with van der Waals surface area (Å²) in [7, 11) is 0. The van der Waals surface area contributed by atoms with Gasteiger partial charge in [0.15, 0.2) is 0 Å². The van der Waals surface area contributed by atoms with Gasteiger partial charge in [0.1, 0.15) is 10.7 Å². The number of fused-ring (bicyclic) bond motifs is 2. The Bertz CT molecular complexity index is 485. The normalized spacial score (nSPS) is 25.1. The lowest BCUT2D eigenvalue weighted by Gasteiger charge is -2.47. The van der Waals surface area contributed by atoms with Crippen molar-refractivity contribution >= 4 is 17.5 Å². The number of hydrogen-bond donors (Lipinski definition) is 1. The minimum atomic E-state index is -0.365. The van der Waals surface area contributed by atoms with Crippen LogP contribution in [0.5, 0.6) is 0 Å². The number of rotatable bonds is 1. The number of aromatic nitrogens is 1. The van der Waals surface area contributed by atoms with Crippen LogP contribution in [0, 0.1) is 0 Å². The van der Waals surface area contributed by atoms with E-state index in [0.29, 0.717) is 18.4 Å². The second kappa shape index (κ2) is 3.68. The first-order valence-corrected chi connectivity index (χ1v) is 6.11. The molecular formula is C12H13ClN2O2. The zero-order valence-corrected chi connectivity index (χ0v) is 10.3. The highest BCUT2D eigenvalue weighted by molar-refractivity contribution is 6.29. The summed E-state index contributed by atoms with van der Waals surface area (Å²) in [4.78, 5) is 16.4. The molecule has 0 aliphatic carbocycles. The molecule has 1 atom stereocenters.